The lowest BCUT2D eigenvalue weighted by molar-refractivity contribution is 0.145. The molecule has 1 amide bonds. The third kappa shape index (κ3) is 2.86. The Bertz CT molecular complexity index is 560. The van der Waals surface area contributed by atoms with Crippen molar-refractivity contribution in [1.82, 2.24) is 4.90 Å². The molecule has 0 radical (unpaired) electrons. The molecule has 120 valence electrons. The molecule has 2 aliphatic heterocycles. The first-order chi connectivity index (χ1) is 10.6. The fourth-order valence-corrected chi connectivity index (χ4v) is 2.82. The summed E-state index contributed by atoms with van der Waals surface area (Å²) in [7, 11) is 2.06. The zero-order valence-corrected chi connectivity index (χ0v) is 12.7. The quantitative estimate of drug-likeness (QED) is 0.897. The molecule has 1 atom stereocenters. The van der Waals surface area contributed by atoms with Gasteiger partial charge in [-0.15, -0.1) is 0 Å². The third-order valence-electron chi connectivity index (χ3n) is 4.22. The smallest absolute Gasteiger partial charge is 0.414 e. The molecule has 6 nitrogen and oxygen atoms in total. The molecule has 0 aliphatic carbocycles. The number of amides is 1. The number of anilines is 2. The van der Waals surface area contributed by atoms with E-state index in [0.717, 1.165) is 26.2 Å². The molecule has 3 rings (SSSR count). The largest absolute Gasteiger partial charge is 0.443 e. The molecule has 7 heteroatoms. The standard InChI is InChI=1S/C15H21FN4O2/c1-18-4-6-19(7-5-18)14-3-2-11(8-13(14)16)20-10-12(9-17)22-15(20)21/h2-3,8,12H,4-7,9-10,17H2,1H3. The molecule has 2 N–H and O–H groups in total. The summed E-state index contributed by atoms with van der Waals surface area (Å²) in [6.07, 6.45) is -0.796. The van der Waals surface area contributed by atoms with Gasteiger partial charge < -0.3 is 20.3 Å². The van der Waals surface area contributed by atoms with E-state index < -0.39 is 6.09 Å². The number of nitrogens with two attached hydrogens (primary N) is 1. The first-order valence-corrected chi connectivity index (χ1v) is 7.49. The van der Waals surface area contributed by atoms with E-state index in [1.54, 1.807) is 12.1 Å². The number of carbonyl (C=O) groups excluding carboxylic acids is 1. The molecule has 0 aromatic heterocycles. The van der Waals surface area contributed by atoms with Crippen molar-refractivity contribution in [2.45, 2.75) is 6.10 Å². The predicted octanol–water partition coefficient (Wildman–Crippen LogP) is 0.861. The number of hydrogen-bond donors (Lipinski definition) is 1. The van der Waals surface area contributed by atoms with Gasteiger partial charge in [-0.05, 0) is 25.2 Å². The number of ether oxygens (including phenoxy) is 1. The molecule has 0 spiro atoms. The number of carbonyl (C=O) groups is 1. The summed E-state index contributed by atoms with van der Waals surface area (Å²) in [4.78, 5) is 17.5. The van der Waals surface area contributed by atoms with Gasteiger partial charge in [0.05, 0.1) is 17.9 Å². The topological polar surface area (TPSA) is 62.0 Å². The summed E-state index contributed by atoms with van der Waals surface area (Å²) in [6.45, 7) is 4.06. The summed E-state index contributed by atoms with van der Waals surface area (Å²) in [5.74, 6) is -0.314. The van der Waals surface area contributed by atoms with Gasteiger partial charge in [-0.1, -0.05) is 0 Å². The summed E-state index contributed by atoms with van der Waals surface area (Å²) >= 11 is 0. The van der Waals surface area contributed by atoms with Crippen LogP contribution in [0, 0.1) is 5.82 Å². The van der Waals surface area contributed by atoms with Gasteiger partial charge >= 0.3 is 6.09 Å². The molecule has 0 saturated carbocycles. The van der Waals surface area contributed by atoms with E-state index in [1.807, 2.05) is 4.90 Å². The average Bonchev–Trinajstić information content (AvgIpc) is 2.89. The summed E-state index contributed by atoms with van der Waals surface area (Å²) in [5.41, 5.74) is 6.60. The lowest BCUT2D eigenvalue weighted by Crippen LogP contribution is -2.44. The molecular formula is C15H21FN4O2. The lowest BCUT2D eigenvalue weighted by Gasteiger charge is -2.34. The molecule has 1 unspecified atom stereocenters. The van der Waals surface area contributed by atoms with E-state index in [1.165, 1.54) is 11.0 Å². The van der Waals surface area contributed by atoms with Gasteiger partial charge in [-0.2, -0.15) is 0 Å². The Kier molecular flexibility index (Phi) is 4.17. The van der Waals surface area contributed by atoms with E-state index >= 15 is 0 Å². The first-order valence-electron chi connectivity index (χ1n) is 7.49. The highest BCUT2D eigenvalue weighted by Crippen LogP contribution is 2.28. The van der Waals surface area contributed by atoms with E-state index in [-0.39, 0.29) is 18.5 Å². The van der Waals surface area contributed by atoms with Crippen LogP contribution in [0.3, 0.4) is 0 Å². The van der Waals surface area contributed by atoms with Crippen molar-refractivity contribution in [3.8, 4) is 0 Å². The average molecular weight is 308 g/mol. The van der Waals surface area contributed by atoms with Crippen molar-refractivity contribution in [1.29, 1.82) is 0 Å². The highest BCUT2D eigenvalue weighted by molar-refractivity contribution is 5.90. The minimum Gasteiger partial charge on any atom is -0.443 e. The molecule has 2 fully saturated rings. The summed E-state index contributed by atoms with van der Waals surface area (Å²) in [6, 6.07) is 4.89. The molecule has 22 heavy (non-hydrogen) atoms. The maximum absolute atomic E-state index is 14.4. The van der Waals surface area contributed by atoms with Crippen LogP contribution < -0.4 is 15.5 Å². The van der Waals surface area contributed by atoms with Crippen LogP contribution in [-0.2, 0) is 4.74 Å². The highest BCUT2D eigenvalue weighted by atomic mass is 19.1. The van der Waals surface area contributed by atoms with Crippen molar-refractivity contribution in [2.75, 3.05) is 56.1 Å². The second kappa shape index (κ2) is 6.10. The van der Waals surface area contributed by atoms with Crippen LogP contribution in [0.25, 0.3) is 0 Å². The zero-order valence-electron chi connectivity index (χ0n) is 12.7. The van der Waals surface area contributed by atoms with E-state index in [9.17, 15) is 9.18 Å². The van der Waals surface area contributed by atoms with Gasteiger partial charge in [0, 0.05) is 32.7 Å². The van der Waals surface area contributed by atoms with E-state index in [0.29, 0.717) is 17.9 Å². The Labute approximate surface area is 129 Å². The Morgan fingerprint density at radius 2 is 2.05 bits per heavy atom. The van der Waals surface area contributed by atoms with Gasteiger partial charge in [0.2, 0.25) is 0 Å². The molecule has 2 aliphatic rings. The Morgan fingerprint density at radius 1 is 1.32 bits per heavy atom. The molecule has 1 aromatic rings. The summed E-state index contributed by atoms with van der Waals surface area (Å²) in [5, 5.41) is 0. The third-order valence-corrected chi connectivity index (χ3v) is 4.22. The number of hydrogen-bond acceptors (Lipinski definition) is 5. The number of cyclic esters (lactones) is 1. The zero-order chi connectivity index (χ0) is 15.7. The van der Waals surface area contributed by atoms with Gasteiger partial charge in [0.1, 0.15) is 11.9 Å². The maximum atomic E-state index is 14.4. The molecule has 2 saturated heterocycles. The fraction of sp³-hybridized carbons (Fsp3) is 0.533. The van der Waals surface area contributed by atoms with Crippen molar-refractivity contribution in [3.63, 3.8) is 0 Å². The monoisotopic (exact) mass is 308 g/mol. The first kappa shape index (κ1) is 15.1. The van der Waals surface area contributed by atoms with Crippen LogP contribution in [-0.4, -0.2) is 63.4 Å². The molecule has 0 bridgehead atoms. The number of rotatable bonds is 3. The number of likely N-dealkylation sites (N-methyl/N-ethyl adjacent to an activating group) is 1. The fourth-order valence-electron chi connectivity index (χ4n) is 2.82. The van der Waals surface area contributed by atoms with Gasteiger partial charge in [-0.3, -0.25) is 4.90 Å². The lowest BCUT2D eigenvalue weighted by atomic mass is 10.2. The number of halogens is 1. The number of benzene rings is 1. The van der Waals surface area contributed by atoms with E-state index in [4.69, 9.17) is 10.5 Å². The van der Waals surface area contributed by atoms with E-state index in [2.05, 4.69) is 11.9 Å². The number of nitrogens with zero attached hydrogens (tertiary/aromatic N) is 3. The van der Waals surface area contributed by atoms with Gasteiger partial charge in [0.15, 0.2) is 0 Å². The van der Waals surface area contributed by atoms with Crippen molar-refractivity contribution in [2.24, 2.45) is 5.73 Å². The van der Waals surface area contributed by atoms with Crippen molar-refractivity contribution < 1.29 is 13.9 Å². The van der Waals surface area contributed by atoms with Crippen LogP contribution in [0.5, 0.6) is 0 Å². The van der Waals surface area contributed by atoms with Crippen LogP contribution in [0.2, 0.25) is 0 Å². The van der Waals surface area contributed by atoms with Crippen LogP contribution >= 0.6 is 0 Å². The summed E-state index contributed by atoms with van der Waals surface area (Å²) < 4.78 is 19.5. The minimum atomic E-state index is -0.470. The van der Waals surface area contributed by atoms with Gasteiger partial charge in [0.25, 0.3) is 0 Å². The SMILES string of the molecule is CN1CCN(c2ccc(N3CC(CN)OC3=O)cc2F)CC1. The molecule has 2 heterocycles. The predicted molar refractivity (Wildman–Crippen MR) is 82.8 cm³/mol. The normalized spacial score (nSPS) is 23.0. The maximum Gasteiger partial charge on any atom is 0.414 e. The van der Waals surface area contributed by atoms with Crippen molar-refractivity contribution in [3.05, 3.63) is 24.0 Å². The molecule has 1 aromatic carbocycles. The van der Waals surface area contributed by atoms with Crippen LogP contribution in [0.15, 0.2) is 18.2 Å². The Hall–Kier alpha value is -1.86. The van der Waals surface area contributed by atoms with Crippen LogP contribution in [0.4, 0.5) is 20.6 Å². The minimum absolute atomic E-state index is 0.268. The van der Waals surface area contributed by atoms with Gasteiger partial charge in [-0.25, -0.2) is 9.18 Å². The molecular weight excluding hydrogens is 287 g/mol. The number of piperazine rings is 1. The second-order valence-corrected chi connectivity index (χ2v) is 5.78. The Morgan fingerprint density at radius 3 is 2.64 bits per heavy atom. The van der Waals surface area contributed by atoms with Crippen molar-refractivity contribution >= 4 is 17.5 Å². The highest BCUT2D eigenvalue weighted by Gasteiger charge is 2.32. The second-order valence-electron chi connectivity index (χ2n) is 5.78. The Balaban J connectivity index is 1.76. The van der Waals surface area contributed by atoms with Crippen LogP contribution in [0.1, 0.15) is 0 Å².